The summed E-state index contributed by atoms with van der Waals surface area (Å²) in [4.78, 5) is 12.6. The molecule has 0 spiro atoms. The van der Waals surface area contributed by atoms with Crippen LogP contribution in [0.5, 0.6) is 5.75 Å². The number of hydrogen-bond acceptors (Lipinski definition) is 4. The first-order valence-corrected chi connectivity index (χ1v) is 10.6. The quantitative estimate of drug-likeness (QED) is 0.335. The molecule has 0 saturated heterocycles. The van der Waals surface area contributed by atoms with Gasteiger partial charge in [-0.05, 0) is 36.3 Å². The van der Waals surface area contributed by atoms with E-state index in [0.29, 0.717) is 17.9 Å². The van der Waals surface area contributed by atoms with E-state index in [1.807, 2.05) is 91.9 Å². The number of nitriles is 1. The molecule has 1 N–H and O–H groups in total. The number of nitrogens with zero attached hydrogens (tertiary/aromatic N) is 1. The summed E-state index contributed by atoms with van der Waals surface area (Å²) in [5, 5.41) is 12.6. The van der Waals surface area contributed by atoms with Crippen molar-refractivity contribution in [2.75, 3.05) is 11.9 Å². The molecule has 0 aliphatic heterocycles. The van der Waals surface area contributed by atoms with Crippen molar-refractivity contribution in [1.82, 2.24) is 0 Å². The molecular weight excluding hydrogens is 412 g/mol. The molecule has 5 heteroatoms. The molecule has 4 aromatic rings. The highest BCUT2D eigenvalue weighted by Crippen LogP contribution is 2.41. The maximum Gasteiger partial charge on any atom is 0.250 e. The van der Waals surface area contributed by atoms with Gasteiger partial charge in [-0.15, -0.1) is 0 Å². The number of benzene rings is 3. The minimum atomic E-state index is -0.395. The van der Waals surface area contributed by atoms with Gasteiger partial charge in [0.25, 0.3) is 5.91 Å². The summed E-state index contributed by atoms with van der Waals surface area (Å²) in [6.07, 6.45) is 3.10. The molecule has 1 aromatic heterocycles. The third-order valence-electron chi connectivity index (χ3n) is 4.97. The minimum Gasteiger partial charge on any atom is -0.494 e. The molecule has 33 heavy (non-hydrogen) atoms. The van der Waals surface area contributed by atoms with Gasteiger partial charge < -0.3 is 9.15 Å². The lowest BCUT2D eigenvalue weighted by Gasteiger charge is -2.03. The fourth-order valence-corrected chi connectivity index (χ4v) is 3.47. The number of hydrogen-bond donors (Lipinski definition) is 1. The van der Waals surface area contributed by atoms with E-state index in [0.717, 1.165) is 22.4 Å². The first-order valence-electron chi connectivity index (χ1n) is 10.6. The number of nitrogens with one attached hydrogen (secondary N) is 1. The zero-order chi connectivity index (χ0) is 23.0. The Morgan fingerprint density at radius 1 is 0.970 bits per heavy atom. The van der Waals surface area contributed by atoms with Gasteiger partial charge in [-0.25, -0.2) is 0 Å². The van der Waals surface area contributed by atoms with Crippen LogP contribution in [0.15, 0.2) is 95.4 Å². The van der Waals surface area contributed by atoms with Crippen LogP contribution in [-0.4, -0.2) is 12.5 Å². The lowest BCUT2D eigenvalue weighted by atomic mass is 9.98. The Morgan fingerprint density at radius 3 is 2.21 bits per heavy atom. The number of anilines is 1. The van der Waals surface area contributed by atoms with Gasteiger partial charge in [0.2, 0.25) is 5.88 Å². The van der Waals surface area contributed by atoms with Gasteiger partial charge >= 0.3 is 0 Å². The average Bonchev–Trinajstić information content (AvgIpc) is 3.23. The Balaban J connectivity index is 1.64. The van der Waals surface area contributed by atoms with Crippen LogP contribution < -0.4 is 10.1 Å². The topological polar surface area (TPSA) is 75.3 Å². The summed E-state index contributed by atoms with van der Waals surface area (Å²) >= 11 is 0. The second-order valence-electron chi connectivity index (χ2n) is 7.18. The monoisotopic (exact) mass is 434 g/mol. The first-order chi connectivity index (χ1) is 16.2. The average molecular weight is 434 g/mol. The van der Waals surface area contributed by atoms with Crippen LogP contribution in [0, 0.1) is 11.3 Å². The van der Waals surface area contributed by atoms with Gasteiger partial charge in [-0.3, -0.25) is 10.1 Å². The van der Waals surface area contributed by atoms with E-state index in [2.05, 4.69) is 11.4 Å². The van der Waals surface area contributed by atoms with E-state index in [9.17, 15) is 10.1 Å². The smallest absolute Gasteiger partial charge is 0.250 e. The van der Waals surface area contributed by atoms with E-state index in [-0.39, 0.29) is 11.4 Å². The summed E-state index contributed by atoms with van der Waals surface area (Å²) < 4.78 is 11.5. The largest absolute Gasteiger partial charge is 0.494 e. The van der Waals surface area contributed by atoms with Crippen molar-refractivity contribution in [1.29, 1.82) is 5.26 Å². The molecule has 5 nitrogen and oxygen atoms in total. The molecular formula is C28H22N2O3. The molecule has 0 radical (unpaired) electrons. The maximum absolute atomic E-state index is 12.6. The van der Waals surface area contributed by atoms with Crippen LogP contribution >= 0.6 is 0 Å². The van der Waals surface area contributed by atoms with Crippen molar-refractivity contribution < 1.29 is 13.9 Å². The van der Waals surface area contributed by atoms with Crippen molar-refractivity contribution in [2.45, 2.75) is 6.92 Å². The molecule has 0 fully saturated rings. The van der Waals surface area contributed by atoms with E-state index in [1.54, 1.807) is 6.08 Å². The summed E-state index contributed by atoms with van der Waals surface area (Å²) in [7, 11) is 0. The lowest BCUT2D eigenvalue weighted by molar-refractivity contribution is -0.111. The number of carbonyl (C=O) groups is 1. The molecule has 0 atom stereocenters. The minimum absolute atomic E-state index is 0.122. The number of ether oxygens (including phenoxy) is 1. The van der Waals surface area contributed by atoms with Gasteiger partial charge in [-0.2, -0.15) is 5.26 Å². The highest BCUT2D eigenvalue weighted by atomic mass is 16.5. The summed E-state index contributed by atoms with van der Waals surface area (Å²) in [5.41, 5.74) is 3.43. The van der Waals surface area contributed by atoms with Crippen LogP contribution in [0.1, 0.15) is 18.1 Å². The third-order valence-corrected chi connectivity index (χ3v) is 4.97. The molecule has 0 aliphatic carbocycles. The molecule has 3 aromatic carbocycles. The summed E-state index contributed by atoms with van der Waals surface area (Å²) in [6, 6.07) is 28.7. The van der Waals surface area contributed by atoms with Crippen molar-refractivity contribution >= 4 is 17.9 Å². The molecule has 0 aliphatic rings. The number of carbonyl (C=O) groups excluding carboxylic acids is 1. The lowest BCUT2D eigenvalue weighted by Crippen LogP contribution is -2.08. The predicted octanol–water partition coefficient (Wildman–Crippen LogP) is 6.54. The molecule has 1 amide bonds. The molecule has 0 saturated carbocycles. The van der Waals surface area contributed by atoms with Gasteiger partial charge in [0.15, 0.2) is 0 Å². The zero-order valence-corrected chi connectivity index (χ0v) is 18.1. The Hall–Kier alpha value is -4.56. The highest BCUT2D eigenvalue weighted by Gasteiger charge is 2.23. The standard InChI is InChI=1S/C28H22N2O3/c1-2-32-23-16-13-20(14-17-23)15-18-25(31)30-28-24(19-29)26(21-9-5-3-6-10-21)27(33-28)22-11-7-4-8-12-22/h3-18H,2H2,1H3,(H,30,31)/b18-15+. The number of furan rings is 1. The summed E-state index contributed by atoms with van der Waals surface area (Å²) in [6.45, 7) is 2.52. The van der Waals surface area contributed by atoms with Crippen LogP contribution in [0.25, 0.3) is 28.5 Å². The van der Waals surface area contributed by atoms with Gasteiger partial charge in [0.05, 0.1) is 6.61 Å². The van der Waals surface area contributed by atoms with Crippen molar-refractivity contribution in [2.24, 2.45) is 0 Å². The molecule has 1 heterocycles. The van der Waals surface area contributed by atoms with Crippen LogP contribution in [0.4, 0.5) is 5.88 Å². The Kier molecular flexibility index (Phi) is 6.67. The number of rotatable bonds is 7. The molecule has 0 bridgehead atoms. The third kappa shape index (κ3) is 5.03. The Labute approximate surface area is 192 Å². The van der Waals surface area contributed by atoms with Crippen LogP contribution in [0.3, 0.4) is 0 Å². The van der Waals surface area contributed by atoms with Gasteiger partial charge in [0.1, 0.15) is 23.1 Å². The predicted molar refractivity (Wildman–Crippen MR) is 130 cm³/mol. The molecule has 162 valence electrons. The fraction of sp³-hybridized carbons (Fsp3) is 0.0714. The summed E-state index contributed by atoms with van der Waals surface area (Å²) in [5.74, 6) is 1.03. The molecule has 4 rings (SSSR count). The SMILES string of the molecule is CCOc1ccc(/C=C/C(=O)Nc2oc(-c3ccccc3)c(-c3ccccc3)c2C#N)cc1. The second kappa shape index (κ2) is 10.2. The second-order valence-corrected chi connectivity index (χ2v) is 7.18. The fourth-order valence-electron chi connectivity index (χ4n) is 3.47. The first kappa shape index (κ1) is 21.7. The van der Waals surface area contributed by atoms with Gasteiger partial charge in [0, 0.05) is 17.2 Å². The van der Waals surface area contributed by atoms with Crippen LogP contribution in [0.2, 0.25) is 0 Å². The van der Waals surface area contributed by atoms with Crippen molar-refractivity contribution in [3.8, 4) is 34.3 Å². The van der Waals surface area contributed by atoms with E-state index < -0.39 is 5.91 Å². The van der Waals surface area contributed by atoms with Crippen molar-refractivity contribution in [3.05, 3.63) is 102 Å². The van der Waals surface area contributed by atoms with Crippen molar-refractivity contribution in [3.63, 3.8) is 0 Å². The van der Waals surface area contributed by atoms with Gasteiger partial charge in [-0.1, -0.05) is 72.8 Å². The van der Waals surface area contributed by atoms with E-state index >= 15 is 0 Å². The van der Waals surface area contributed by atoms with E-state index in [4.69, 9.17) is 9.15 Å². The Morgan fingerprint density at radius 2 is 1.61 bits per heavy atom. The molecule has 0 unspecified atom stereocenters. The zero-order valence-electron chi connectivity index (χ0n) is 18.1. The number of amides is 1. The van der Waals surface area contributed by atoms with E-state index in [1.165, 1.54) is 6.08 Å². The Bertz CT molecular complexity index is 1300. The van der Waals surface area contributed by atoms with Crippen LogP contribution in [-0.2, 0) is 4.79 Å². The normalized spacial score (nSPS) is 10.7. The maximum atomic E-state index is 12.6. The highest BCUT2D eigenvalue weighted by molar-refractivity contribution is 6.03.